The Balaban J connectivity index is 1.56. The summed E-state index contributed by atoms with van der Waals surface area (Å²) >= 11 is 1.41. The van der Waals surface area contributed by atoms with E-state index in [1.165, 1.54) is 18.2 Å². The standard InChI is InChI=1S/C23H33N7O2S/c1-14-10-15(2)12-29(11-14)22-25-26-23(30(22)13-19-8-7-9-32-19)33-18(5)21(31)24-20-16(3)27-28(6)17(20)4/h7-9,14-15,18H,10-13H2,1-6H3,(H,24,31). The molecule has 4 rings (SSSR count). The Labute approximate surface area is 198 Å². The first-order valence-corrected chi connectivity index (χ1v) is 12.3. The Kier molecular flexibility index (Phi) is 6.83. The summed E-state index contributed by atoms with van der Waals surface area (Å²) in [5, 5.41) is 16.8. The third-order valence-corrected chi connectivity index (χ3v) is 7.23. The zero-order valence-corrected chi connectivity index (χ0v) is 21.0. The van der Waals surface area contributed by atoms with E-state index in [0.717, 1.165) is 41.9 Å². The minimum absolute atomic E-state index is 0.0893. The number of thioether (sulfide) groups is 1. The number of carbonyl (C=O) groups excluding carboxylic acids is 1. The highest BCUT2D eigenvalue weighted by atomic mass is 32.2. The van der Waals surface area contributed by atoms with Crippen LogP contribution in [0.5, 0.6) is 0 Å². The van der Waals surface area contributed by atoms with E-state index in [9.17, 15) is 4.79 Å². The highest BCUT2D eigenvalue weighted by Gasteiger charge is 2.28. The predicted octanol–water partition coefficient (Wildman–Crippen LogP) is 3.87. The van der Waals surface area contributed by atoms with E-state index in [-0.39, 0.29) is 11.2 Å². The molecule has 0 spiro atoms. The summed E-state index contributed by atoms with van der Waals surface area (Å²) in [7, 11) is 1.87. The summed E-state index contributed by atoms with van der Waals surface area (Å²) in [6, 6.07) is 3.83. The normalized spacial score (nSPS) is 19.6. The van der Waals surface area contributed by atoms with Crippen molar-refractivity contribution in [2.45, 2.75) is 58.0 Å². The number of aromatic nitrogens is 5. The Morgan fingerprint density at radius 1 is 1.27 bits per heavy atom. The molecule has 1 aliphatic rings. The molecule has 178 valence electrons. The number of amides is 1. The van der Waals surface area contributed by atoms with Crippen molar-refractivity contribution in [2.24, 2.45) is 18.9 Å². The zero-order valence-electron chi connectivity index (χ0n) is 20.2. The molecule has 0 aromatic carbocycles. The number of aryl methyl sites for hydroxylation is 2. The van der Waals surface area contributed by atoms with Crippen LogP contribution >= 0.6 is 11.8 Å². The SMILES string of the molecule is Cc1nn(C)c(C)c1NC(=O)C(C)Sc1nnc(N2CC(C)CC(C)C2)n1Cc1ccco1. The number of furan rings is 1. The Hall–Kier alpha value is -2.75. The third-order valence-electron chi connectivity index (χ3n) is 6.15. The van der Waals surface area contributed by atoms with Gasteiger partial charge >= 0.3 is 0 Å². The fourth-order valence-electron chi connectivity index (χ4n) is 4.52. The summed E-state index contributed by atoms with van der Waals surface area (Å²) in [5.74, 6) is 2.76. The molecule has 0 aliphatic carbocycles. The molecule has 10 heteroatoms. The van der Waals surface area contributed by atoms with Crippen LogP contribution in [0.1, 0.15) is 44.3 Å². The highest BCUT2D eigenvalue weighted by molar-refractivity contribution is 8.00. The van der Waals surface area contributed by atoms with Gasteiger partial charge in [0.1, 0.15) is 5.76 Å². The van der Waals surface area contributed by atoms with Crippen LogP contribution in [0.15, 0.2) is 28.0 Å². The van der Waals surface area contributed by atoms with Crippen molar-refractivity contribution >= 4 is 29.3 Å². The van der Waals surface area contributed by atoms with E-state index in [2.05, 4.69) is 43.9 Å². The van der Waals surface area contributed by atoms with Gasteiger partial charge in [-0.15, -0.1) is 10.2 Å². The van der Waals surface area contributed by atoms with E-state index >= 15 is 0 Å². The third kappa shape index (κ3) is 5.10. The number of hydrogen-bond donors (Lipinski definition) is 1. The predicted molar refractivity (Wildman–Crippen MR) is 130 cm³/mol. The van der Waals surface area contributed by atoms with Gasteiger partial charge in [0.2, 0.25) is 11.9 Å². The lowest BCUT2D eigenvalue weighted by Crippen LogP contribution is -2.40. The fourth-order valence-corrected chi connectivity index (χ4v) is 5.36. The van der Waals surface area contributed by atoms with Crippen LogP contribution < -0.4 is 10.2 Å². The van der Waals surface area contributed by atoms with Crippen molar-refractivity contribution < 1.29 is 9.21 Å². The van der Waals surface area contributed by atoms with E-state index in [4.69, 9.17) is 4.42 Å². The summed E-state index contributed by atoms with van der Waals surface area (Å²) < 4.78 is 9.46. The van der Waals surface area contributed by atoms with Gasteiger partial charge in [0.15, 0.2) is 5.16 Å². The van der Waals surface area contributed by atoms with Gasteiger partial charge in [0, 0.05) is 20.1 Å². The molecule has 0 radical (unpaired) electrons. The largest absolute Gasteiger partial charge is 0.467 e. The van der Waals surface area contributed by atoms with E-state index in [1.807, 2.05) is 40.0 Å². The van der Waals surface area contributed by atoms with Crippen LogP contribution in [0.25, 0.3) is 0 Å². The number of rotatable bonds is 7. The number of nitrogens with zero attached hydrogens (tertiary/aromatic N) is 6. The lowest BCUT2D eigenvalue weighted by atomic mass is 9.92. The summed E-state index contributed by atoms with van der Waals surface area (Å²) in [6.45, 7) is 12.7. The minimum Gasteiger partial charge on any atom is -0.467 e. The first-order valence-electron chi connectivity index (χ1n) is 11.4. The quantitative estimate of drug-likeness (QED) is 0.523. The number of hydrogen-bond acceptors (Lipinski definition) is 7. The average Bonchev–Trinajstić information content (AvgIpc) is 3.46. The van der Waals surface area contributed by atoms with Crippen LogP contribution in [-0.2, 0) is 18.4 Å². The second-order valence-corrected chi connectivity index (χ2v) is 10.5. The van der Waals surface area contributed by atoms with Gasteiger partial charge in [-0.05, 0) is 51.2 Å². The van der Waals surface area contributed by atoms with Gasteiger partial charge in [-0.2, -0.15) is 5.10 Å². The van der Waals surface area contributed by atoms with Gasteiger partial charge in [0.25, 0.3) is 0 Å². The van der Waals surface area contributed by atoms with E-state index < -0.39 is 0 Å². The molecule has 3 unspecified atom stereocenters. The number of piperidine rings is 1. The Bertz CT molecular complexity index is 1090. The van der Waals surface area contributed by atoms with Crippen molar-refractivity contribution in [2.75, 3.05) is 23.3 Å². The maximum atomic E-state index is 13.0. The highest BCUT2D eigenvalue weighted by Crippen LogP contribution is 2.31. The topological polar surface area (TPSA) is 94.0 Å². The molecule has 4 heterocycles. The molecule has 1 saturated heterocycles. The first-order chi connectivity index (χ1) is 15.7. The first kappa shape index (κ1) is 23.4. The average molecular weight is 472 g/mol. The fraction of sp³-hybridized carbons (Fsp3) is 0.565. The lowest BCUT2D eigenvalue weighted by molar-refractivity contribution is -0.115. The molecule has 1 aliphatic heterocycles. The molecular weight excluding hydrogens is 438 g/mol. The molecule has 9 nitrogen and oxygen atoms in total. The molecule has 0 bridgehead atoms. The van der Waals surface area contributed by atoms with Crippen LogP contribution in [0.4, 0.5) is 11.6 Å². The van der Waals surface area contributed by atoms with E-state index in [1.54, 1.807) is 10.9 Å². The van der Waals surface area contributed by atoms with Crippen LogP contribution in [0.2, 0.25) is 0 Å². The minimum atomic E-state index is -0.365. The summed E-state index contributed by atoms with van der Waals surface area (Å²) in [5.41, 5.74) is 2.50. The Morgan fingerprint density at radius 3 is 2.61 bits per heavy atom. The zero-order chi connectivity index (χ0) is 23.7. The lowest BCUT2D eigenvalue weighted by Gasteiger charge is -2.35. The molecule has 1 N–H and O–H groups in total. The molecule has 3 atom stereocenters. The number of nitrogens with one attached hydrogen (secondary N) is 1. The van der Waals surface area contributed by atoms with Gasteiger partial charge in [-0.3, -0.25) is 14.0 Å². The number of carbonyl (C=O) groups is 1. The smallest absolute Gasteiger partial charge is 0.237 e. The molecule has 0 saturated carbocycles. The molecule has 1 fully saturated rings. The van der Waals surface area contributed by atoms with Crippen molar-refractivity contribution in [3.8, 4) is 0 Å². The van der Waals surface area contributed by atoms with Crippen LogP contribution in [-0.4, -0.2) is 48.8 Å². The van der Waals surface area contributed by atoms with Crippen LogP contribution in [0, 0.1) is 25.7 Å². The monoisotopic (exact) mass is 471 g/mol. The molecule has 3 aromatic rings. The second-order valence-electron chi connectivity index (χ2n) is 9.22. The van der Waals surface area contributed by atoms with Crippen molar-refractivity contribution in [1.29, 1.82) is 0 Å². The van der Waals surface area contributed by atoms with E-state index in [0.29, 0.717) is 23.5 Å². The van der Waals surface area contributed by atoms with Crippen molar-refractivity contribution in [1.82, 2.24) is 24.5 Å². The summed E-state index contributed by atoms with van der Waals surface area (Å²) in [4.78, 5) is 15.3. The molecule has 1 amide bonds. The van der Waals surface area contributed by atoms with Crippen LogP contribution in [0.3, 0.4) is 0 Å². The Morgan fingerprint density at radius 2 is 2.00 bits per heavy atom. The van der Waals surface area contributed by atoms with Gasteiger partial charge < -0.3 is 14.6 Å². The van der Waals surface area contributed by atoms with Gasteiger partial charge in [0.05, 0.1) is 35.1 Å². The second kappa shape index (κ2) is 9.62. The molecule has 3 aromatic heterocycles. The van der Waals surface area contributed by atoms with Gasteiger partial charge in [-0.25, -0.2) is 0 Å². The number of anilines is 2. The van der Waals surface area contributed by atoms with Crippen molar-refractivity contribution in [3.05, 3.63) is 35.5 Å². The maximum Gasteiger partial charge on any atom is 0.237 e. The summed E-state index contributed by atoms with van der Waals surface area (Å²) in [6.07, 6.45) is 2.89. The molecular formula is C23H33N7O2S. The molecule has 33 heavy (non-hydrogen) atoms. The van der Waals surface area contributed by atoms with Crippen molar-refractivity contribution in [3.63, 3.8) is 0 Å². The maximum absolute atomic E-state index is 13.0. The van der Waals surface area contributed by atoms with Gasteiger partial charge in [-0.1, -0.05) is 25.6 Å².